The molecule has 0 aliphatic carbocycles. The Morgan fingerprint density at radius 1 is 1.44 bits per heavy atom. The van der Waals surface area contributed by atoms with Gasteiger partial charge in [-0.15, -0.1) is 0 Å². The highest BCUT2D eigenvalue weighted by molar-refractivity contribution is 5.98. The molecule has 0 amide bonds. The molecule has 1 rings (SSSR count). The summed E-state index contributed by atoms with van der Waals surface area (Å²) in [6.45, 7) is 6.86. The summed E-state index contributed by atoms with van der Waals surface area (Å²) >= 11 is 0. The van der Waals surface area contributed by atoms with Gasteiger partial charge >= 0.3 is 0 Å². The molecule has 0 fully saturated rings. The van der Waals surface area contributed by atoms with Crippen molar-refractivity contribution in [2.75, 3.05) is 0 Å². The molecule has 0 radical (unpaired) electrons. The normalized spacial score (nSPS) is 13.9. The number of rotatable bonds is 5. The average Bonchev–Trinajstić information content (AvgIpc) is 2.35. The van der Waals surface area contributed by atoms with Crippen LogP contribution in [0.2, 0.25) is 0 Å². The number of nitrogens with two attached hydrogens (primary N) is 1. The zero-order chi connectivity index (χ0) is 13.7. The summed E-state index contributed by atoms with van der Waals surface area (Å²) in [5, 5.41) is 14.9. The van der Waals surface area contributed by atoms with Gasteiger partial charge in [0.1, 0.15) is 5.82 Å². The lowest BCUT2D eigenvalue weighted by Gasteiger charge is -2.18. The van der Waals surface area contributed by atoms with E-state index in [0.29, 0.717) is 24.1 Å². The van der Waals surface area contributed by atoms with Gasteiger partial charge in [0, 0.05) is 18.2 Å². The molecule has 0 spiro atoms. The summed E-state index contributed by atoms with van der Waals surface area (Å²) in [6.07, 6.45) is 0. The summed E-state index contributed by atoms with van der Waals surface area (Å²) in [5.74, 6) is 0.0125. The van der Waals surface area contributed by atoms with E-state index in [4.69, 9.17) is 10.9 Å². The van der Waals surface area contributed by atoms with Crippen molar-refractivity contribution >= 4 is 5.84 Å². The first-order chi connectivity index (χ1) is 8.45. The van der Waals surface area contributed by atoms with Crippen LogP contribution in [0.3, 0.4) is 0 Å². The molecule has 1 aromatic carbocycles. The molecule has 0 bridgehead atoms. The van der Waals surface area contributed by atoms with Crippen molar-refractivity contribution in [3.8, 4) is 0 Å². The van der Waals surface area contributed by atoms with Gasteiger partial charge in [0.15, 0.2) is 5.84 Å². The van der Waals surface area contributed by atoms with E-state index < -0.39 is 5.82 Å². The summed E-state index contributed by atoms with van der Waals surface area (Å²) < 4.78 is 13.2. The third kappa shape index (κ3) is 3.70. The Hall–Kier alpha value is -1.62. The van der Waals surface area contributed by atoms with Crippen LogP contribution in [-0.2, 0) is 6.54 Å². The maximum absolute atomic E-state index is 13.2. The van der Waals surface area contributed by atoms with Crippen molar-refractivity contribution < 1.29 is 9.60 Å². The molecule has 100 valence electrons. The molecular formula is C13H20FN3O. The van der Waals surface area contributed by atoms with E-state index >= 15 is 0 Å². The van der Waals surface area contributed by atoms with Crippen LogP contribution in [0.1, 0.15) is 31.9 Å². The van der Waals surface area contributed by atoms with Gasteiger partial charge in [-0.05, 0) is 30.5 Å². The van der Waals surface area contributed by atoms with Crippen molar-refractivity contribution in [2.24, 2.45) is 16.8 Å². The van der Waals surface area contributed by atoms with E-state index in [9.17, 15) is 4.39 Å². The maximum Gasteiger partial charge on any atom is 0.170 e. The lowest BCUT2D eigenvalue weighted by atomic mass is 10.0. The zero-order valence-electron chi connectivity index (χ0n) is 10.9. The summed E-state index contributed by atoms with van der Waals surface area (Å²) in [5.41, 5.74) is 6.76. The van der Waals surface area contributed by atoms with Crippen LogP contribution in [-0.4, -0.2) is 17.1 Å². The van der Waals surface area contributed by atoms with E-state index in [0.717, 1.165) is 5.56 Å². The maximum atomic E-state index is 13.2. The molecule has 0 saturated carbocycles. The van der Waals surface area contributed by atoms with Gasteiger partial charge in [-0.2, -0.15) is 0 Å². The minimum atomic E-state index is -0.405. The van der Waals surface area contributed by atoms with Gasteiger partial charge in [-0.3, -0.25) is 0 Å². The standard InChI is InChI=1S/C13H20FN3O/c1-8(2)9(3)16-7-10-4-5-11(14)6-12(10)13(15)17-18/h4-6,8-9,16,18H,7H2,1-3H3,(H2,15,17). The van der Waals surface area contributed by atoms with Gasteiger partial charge in [-0.25, -0.2) is 4.39 Å². The molecular weight excluding hydrogens is 233 g/mol. The Morgan fingerprint density at radius 2 is 2.11 bits per heavy atom. The molecule has 18 heavy (non-hydrogen) atoms. The Labute approximate surface area is 107 Å². The molecule has 1 unspecified atom stereocenters. The summed E-state index contributed by atoms with van der Waals surface area (Å²) in [4.78, 5) is 0. The fraction of sp³-hybridized carbons (Fsp3) is 0.462. The Bertz CT molecular complexity index is 432. The van der Waals surface area contributed by atoms with Crippen LogP contribution >= 0.6 is 0 Å². The molecule has 0 saturated heterocycles. The quantitative estimate of drug-likeness (QED) is 0.325. The molecule has 0 aliphatic rings. The average molecular weight is 253 g/mol. The van der Waals surface area contributed by atoms with Crippen LogP contribution in [0, 0.1) is 11.7 Å². The summed E-state index contributed by atoms with van der Waals surface area (Å²) in [7, 11) is 0. The first kappa shape index (κ1) is 14.4. The Balaban J connectivity index is 2.88. The van der Waals surface area contributed by atoms with E-state index in [1.54, 1.807) is 6.07 Å². The fourth-order valence-electron chi connectivity index (χ4n) is 1.50. The molecule has 0 heterocycles. The second-order valence-electron chi connectivity index (χ2n) is 4.70. The topological polar surface area (TPSA) is 70.6 Å². The van der Waals surface area contributed by atoms with Crippen LogP contribution in [0.25, 0.3) is 0 Å². The van der Waals surface area contributed by atoms with Gasteiger partial charge in [0.2, 0.25) is 0 Å². The molecule has 1 atom stereocenters. The molecule has 1 aromatic rings. The number of benzene rings is 1. The van der Waals surface area contributed by atoms with Gasteiger partial charge in [-0.1, -0.05) is 25.1 Å². The van der Waals surface area contributed by atoms with Crippen LogP contribution in [0.4, 0.5) is 4.39 Å². The van der Waals surface area contributed by atoms with E-state index in [1.165, 1.54) is 12.1 Å². The minimum Gasteiger partial charge on any atom is -0.409 e. The Kier molecular flexibility index (Phi) is 5.09. The second-order valence-corrected chi connectivity index (χ2v) is 4.70. The third-order valence-electron chi connectivity index (χ3n) is 3.07. The lowest BCUT2D eigenvalue weighted by molar-refractivity contribution is 0.318. The number of nitrogens with one attached hydrogen (secondary N) is 1. The van der Waals surface area contributed by atoms with Crippen molar-refractivity contribution in [3.63, 3.8) is 0 Å². The first-order valence-electron chi connectivity index (χ1n) is 5.95. The van der Waals surface area contributed by atoms with Crippen LogP contribution in [0.5, 0.6) is 0 Å². The molecule has 4 N–H and O–H groups in total. The highest BCUT2D eigenvalue weighted by Gasteiger charge is 2.11. The molecule has 5 heteroatoms. The predicted octanol–water partition coefficient (Wildman–Crippen LogP) is 2.05. The monoisotopic (exact) mass is 253 g/mol. The molecule has 0 aromatic heterocycles. The predicted molar refractivity (Wildman–Crippen MR) is 70.1 cm³/mol. The molecule has 0 aliphatic heterocycles. The fourth-order valence-corrected chi connectivity index (χ4v) is 1.50. The van der Waals surface area contributed by atoms with E-state index in [-0.39, 0.29) is 5.84 Å². The third-order valence-corrected chi connectivity index (χ3v) is 3.07. The molecule has 4 nitrogen and oxygen atoms in total. The highest BCUT2D eigenvalue weighted by Crippen LogP contribution is 2.12. The van der Waals surface area contributed by atoms with Crippen molar-refractivity contribution in [3.05, 3.63) is 35.1 Å². The number of hydrogen-bond donors (Lipinski definition) is 3. The number of amidine groups is 1. The van der Waals surface area contributed by atoms with Crippen molar-refractivity contribution in [1.29, 1.82) is 0 Å². The highest BCUT2D eigenvalue weighted by atomic mass is 19.1. The SMILES string of the molecule is CC(C)C(C)NCc1ccc(F)cc1/C(N)=N/O. The number of oxime groups is 1. The van der Waals surface area contributed by atoms with E-state index in [1.807, 2.05) is 0 Å². The van der Waals surface area contributed by atoms with Crippen molar-refractivity contribution in [2.45, 2.75) is 33.4 Å². The number of hydrogen-bond acceptors (Lipinski definition) is 3. The zero-order valence-corrected chi connectivity index (χ0v) is 10.9. The number of halogens is 1. The lowest BCUT2D eigenvalue weighted by Crippen LogP contribution is -2.31. The van der Waals surface area contributed by atoms with Crippen LogP contribution in [0.15, 0.2) is 23.4 Å². The summed E-state index contributed by atoms with van der Waals surface area (Å²) in [6, 6.07) is 4.61. The Morgan fingerprint density at radius 3 is 2.67 bits per heavy atom. The largest absolute Gasteiger partial charge is 0.409 e. The minimum absolute atomic E-state index is 0.0801. The second kappa shape index (κ2) is 6.35. The van der Waals surface area contributed by atoms with Gasteiger partial charge in [0.05, 0.1) is 0 Å². The smallest absolute Gasteiger partial charge is 0.170 e. The first-order valence-corrected chi connectivity index (χ1v) is 5.95. The van der Waals surface area contributed by atoms with E-state index in [2.05, 4.69) is 31.2 Å². The van der Waals surface area contributed by atoms with Crippen LogP contribution < -0.4 is 11.1 Å². The van der Waals surface area contributed by atoms with Gasteiger partial charge < -0.3 is 16.3 Å². The number of nitrogens with zero attached hydrogens (tertiary/aromatic N) is 1. The van der Waals surface area contributed by atoms with Crippen molar-refractivity contribution in [1.82, 2.24) is 5.32 Å². The van der Waals surface area contributed by atoms with Gasteiger partial charge in [0.25, 0.3) is 0 Å².